The summed E-state index contributed by atoms with van der Waals surface area (Å²) < 4.78 is 6.38. The van der Waals surface area contributed by atoms with Crippen molar-refractivity contribution >= 4 is 33.2 Å². The molecule has 1 N–H and O–H groups in total. The molecule has 0 atom stereocenters. The number of rotatable bonds is 4. The first kappa shape index (κ1) is 16.0. The minimum Gasteiger partial charge on any atom is -0.378 e. The number of hydrogen-bond donors (Lipinski definition) is 1. The highest BCUT2D eigenvalue weighted by Gasteiger charge is 2.15. The van der Waals surface area contributed by atoms with Crippen LogP contribution >= 0.6 is 15.9 Å². The molecular formula is C18H19BrN2O2. The number of carbonyl (C=O) groups excluding carboxylic acids is 1. The van der Waals surface area contributed by atoms with Crippen LogP contribution in [0.25, 0.3) is 0 Å². The molecule has 0 aromatic heterocycles. The van der Waals surface area contributed by atoms with Gasteiger partial charge in [0.05, 0.1) is 31.0 Å². The number of ether oxygens (including phenoxy) is 1. The van der Waals surface area contributed by atoms with Crippen molar-refractivity contribution in [2.24, 2.45) is 0 Å². The Balaban J connectivity index is 1.71. The second kappa shape index (κ2) is 7.62. The number of benzene rings is 2. The van der Waals surface area contributed by atoms with Crippen LogP contribution in [0.5, 0.6) is 0 Å². The molecule has 0 spiro atoms. The molecule has 5 heteroatoms. The minimum absolute atomic E-state index is 0.0104. The van der Waals surface area contributed by atoms with E-state index < -0.39 is 0 Å². The molecule has 0 bridgehead atoms. The smallest absolute Gasteiger partial charge is 0.228 e. The van der Waals surface area contributed by atoms with Gasteiger partial charge in [0.2, 0.25) is 5.91 Å². The van der Waals surface area contributed by atoms with Gasteiger partial charge >= 0.3 is 0 Å². The van der Waals surface area contributed by atoms with Gasteiger partial charge in [-0.15, -0.1) is 0 Å². The molecule has 2 aromatic carbocycles. The SMILES string of the molecule is O=C(Cc1cccc(Br)c1)Nc1ccccc1N1CCOCC1. The third kappa shape index (κ3) is 4.33. The summed E-state index contributed by atoms with van der Waals surface area (Å²) in [7, 11) is 0. The van der Waals surface area contributed by atoms with Gasteiger partial charge in [0.15, 0.2) is 0 Å². The Morgan fingerprint density at radius 2 is 1.91 bits per heavy atom. The van der Waals surface area contributed by atoms with Crippen molar-refractivity contribution in [2.45, 2.75) is 6.42 Å². The average molecular weight is 375 g/mol. The van der Waals surface area contributed by atoms with Crippen LogP contribution in [0.4, 0.5) is 11.4 Å². The Hall–Kier alpha value is -1.85. The van der Waals surface area contributed by atoms with Crippen molar-refractivity contribution < 1.29 is 9.53 Å². The fourth-order valence-electron chi connectivity index (χ4n) is 2.69. The number of anilines is 2. The first-order chi connectivity index (χ1) is 11.2. The summed E-state index contributed by atoms with van der Waals surface area (Å²) in [6.45, 7) is 3.14. The quantitative estimate of drug-likeness (QED) is 0.890. The van der Waals surface area contributed by atoms with Crippen LogP contribution in [0, 0.1) is 0 Å². The largest absolute Gasteiger partial charge is 0.378 e. The Labute approximate surface area is 144 Å². The van der Waals surface area contributed by atoms with E-state index in [0.29, 0.717) is 6.42 Å². The van der Waals surface area contributed by atoms with Crippen LogP contribution in [0.2, 0.25) is 0 Å². The zero-order valence-electron chi connectivity index (χ0n) is 12.8. The van der Waals surface area contributed by atoms with Gasteiger partial charge < -0.3 is 15.0 Å². The third-order valence-corrected chi connectivity index (χ3v) is 4.28. The topological polar surface area (TPSA) is 41.6 Å². The maximum absolute atomic E-state index is 12.4. The Kier molecular flexibility index (Phi) is 5.31. The van der Waals surface area contributed by atoms with Gasteiger partial charge in [-0.25, -0.2) is 0 Å². The van der Waals surface area contributed by atoms with Crippen LogP contribution in [-0.2, 0) is 16.0 Å². The summed E-state index contributed by atoms with van der Waals surface area (Å²) in [5, 5.41) is 3.04. The number of amides is 1. The molecule has 0 saturated carbocycles. The lowest BCUT2D eigenvalue weighted by Crippen LogP contribution is -2.36. The molecule has 1 heterocycles. The second-order valence-electron chi connectivity index (χ2n) is 5.47. The van der Waals surface area contributed by atoms with Crippen molar-refractivity contribution in [3.05, 3.63) is 58.6 Å². The molecule has 2 aromatic rings. The lowest BCUT2D eigenvalue weighted by atomic mass is 10.1. The van der Waals surface area contributed by atoms with E-state index >= 15 is 0 Å². The van der Waals surface area contributed by atoms with Gasteiger partial charge in [0.1, 0.15) is 0 Å². The first-order valence-corrected chi connectivity index (χ1v) is 8.48. The molecular weight excluding hydrogens is 356 g/mol. The van der Waals surface area contributed by atoms with E-state index in [4.69, 9.17) is 4.74 Å². The van der Waals surface area contributed by atoms with Gasteiger partial charge in [-0.2, -0.15) is 0 Å². The fraction of sp³-hybridized carbons (Fsp3) is 0.278. The van der Waals surface area contributed by atoms with Crippen molar-refractivity contribution in [3.63, 3.8) is 0 Å². The molecule has 0 aliphatic carbocycles. The monoisotopic (exact) mass is 374 g/mol. The predicted molar refractivity (Wildman–Crippen MR) is 95.9 cm³/mol. The Morgan fingerprint density at radius 1 is 1.13 bits per heavy atom. The van der Waals surface area contributed by atoms with Gasteiger partial charge in [-0.1, -0.05) is 40.2 Å². The summed E-state index contributed by atoms with van der Waals surface area (Å²) in [6, 6.07) is 15.7. The highest BCUT2D eigenvalue weighted by molar-refractivity contribution is 9.10. The van der Waals surface area contributed by atoms with Crippen LogP contribution in [0.3, 0.4) is 0 Å². The van der Waals surface area contributed by atoms with E-state index in [0.717, 1.165) is 47.7 Å². The van der Waals surface area contributed by atoms with Gasteiger partial charge in [-0.3, -0.25) is 4.79 Å². The average Bonchev–Trinajstić information content (AvgIpc) is 2.56. The van der Waals surface area contributed by atoms with Gasteiger partial charge in [0.25, 0.3) is 0 Å². The molecule has 1 fully saturated rings. The van der Waals surface area contributed by atoms with E-state index in [-0.39, 0.29) is 5.91 Å². The molecule has 1 aliphatic rings. The molecule has 4 nitrogen and oxygen atoms in total. The standard InChI is InChI=1S/C18H19BrN2O2/c19-15-5-3-4-14(12-15)13-18(22)20-16-6-1-2-7-17(16)21-8-10-23-11-9-21/h1-7,12H,8-11,13H2,(H,20,22). The van der Waals surface area contributed by atoms with E-state index in [9.17, 15) is 4.79 Å². The van der Waals surface area contributed by atoms with Gasteiger partial charge in [0, 0.05) is 17.6 Å². The highest BCUT2D eigenvalue weighted by Crippen LogP contribution is 2.26. The number of carbonyl (C=O) groups is 1. The summed E-state index contributed by atoms with van der Waals surface area (Å²) in [5.74, 6) is -0.0104. The molecule has 120 valence electrons. The lowest BCUT2D eigenvalue weighted by molar-refractivity contribution is -0.115. The second-order valence-corrected chi connectivity index (χ2v) is 6.39. The highest BCUT2D eigenvalue weighted by atomic mass is 79.9. The molecule has 1 saturated heterocycles. The lowest BCUT2D eigenvalue weighted by Gasteiger charge is -2.30. The maximum Gasteiger partial charge on any atom is 0.228 e. The number of morpholine rings is 1. The predicted octanol–water partition coefficient (Wildman–Crippen LogP) is 3.47. The molecule has 0 unspecified atom stereocenters. The Morgan fingerprint density at radius 3 is 2.70 bits per heavy atom. The molecule has 3 rings (SSSR count). The van der Waals surface area contributed by atoms with Gasteiger partial charge in [-0.05, 0) is 29.8 Å². The van der Waals surface area contributed by atoms with Crippen molar-refractivity contribution in [1.29, 1.82) is 0 Å². The third-order valence-electron chi connectivity index (χ3n) is 3.78. The van der Waals surface area contributed by atoms with E-state index in [2.05, 4.69) is 26.1 Å². The first-order valence-electron chi connectivity index (χ1n) is 7.68. The molecule has 1 amide bonds. The number of hydrogen-bond acceptors (Lipinski definition) is 3. The normalized spacial score (nSPS) is 14.6. The van der Waals surface area contributed by atoms with E-state index in [1.807, 2.05) is 48.5 Å². The van der Waals surface area contributed by atoms with E-state index in [1.165, 1.54) is 0 Å². The number of nitrogens with one attached hydrogen (secondary N) is 1. The Bertz CT molecular complexity index is 684. The number of nitrogens with zero attached hydrogens (tertiary/aromatic N) is 1. The maximum atomic E-state index is 12.4. The zero-order valence-corrected chi connectivity index (χ0v) is 14.4. The summed E-state index contributed by atoms with van der Waals surface area (Å²) in [5.41, 5.74) is 2.90. The van der Waals surface area contributed by atoms with E-state index in [1.54, 1.807) is 0 Å². The molecule has 1 aliphatic heterocycles. The van der Waals surface area contributed by atoms with Crippen molar-refractivity contribution in [2.75, 3.05) is 36.5 Å². The number of para-hydroxylation sites is 2. The summed E-state index contributed by atoms with van der Waals surface area (Å²) in [6.07, 6.45) is 0.358. The minimum atomic E-state index is -0.0104. The molecule has 0 radical (unpaired) electrons. The van der Waals surface area contributed by atoms with Crippen LogP contribution in [0.1, 0.15) is 5.56 Å². The van der Waals surface area contributed by atoms with Crippen LogP contribution in [0.15, 0.2) is 53.0 Å². The van der Waals surface area contributed by atoms with Crippen molar-refractivity contribution in [1.82, 2.24) is 0 Å². The van der Waals surface area contributed by atoms with Crippen molar-refractivity contribution in [3.8, 4) is 0 Å². The zero-order chi connectivity index (χ0) is 16.1. The van der Waals surface area contributed by atoms with Crippen LogP contribution in [-0.4, -0.2) is 32.2 Å². The summed E-state index contributed by atoms with van der Waals surface area (Å²) in [4.78, 5) is 14.6. The molecule has 23 heavy (non-hydrogen) atoms. The van der Waals surface area contributed by atoms with Crippen LogP contribution < -0.4 is 10.2 Å². The fourth-order valence-corrected chi connectivity index (χ4v) is 3.13. The summed E-state index contributed by atoms with van der Waals surface area (Å²) >= 11 is 3.43. The number of halogens is 1.